The largest absolute Gasteiger partial charge is 0.466 e. The third-order valence-electron chi connectivity index (χ3n) is 3.36. The summed E-state index contributed by atoms with van der Waals surface area (Å²) in [7, 11) is 0. The van der Waals surface area contributed by atoms with Crippen LogP contribution in [0.25, 0.3) is 0 Å². The fourth-order valence-electron chi connectivity index (χ4n) is 2.06. The number of hydrogen-bond acceptors (Lipinski definition) is 3. The Bertz CT molecular complexity index is 639. The number of hydrogen-bond donors (Lipinski definition) is 3. The normalized spacial score (nSPS) is 14.3. The van der Waals surface area contributed by atoms with Crippen LogP contribution >= 0.6 is 11.6 Å². The van der Waals surface area contributed by atoms with Crippen LogP contribution in [0.5, 0.6) is 0 Å². The van der Waals surface area contributed by atoms with Gasteiger partial charge in [-0.15, -0.1) is 0 Å². The molecule has 2 rings (SSSR count). The Morgan fingerprint density at radius 3 is 2.70 bits per heavy atom. The van der Waals surface area contributed by atoms with Gasteiger partial charge in [0.15, 0.2) is 5.96 Å². The molecule has 0 aliphatic rings. The van der Waals surface area contributed by atoms with Crippen LogP contribution in [0.1, 0.15) is 25.2 Å². The highest BCUT2D eigenvalue weighted by Crippen LogP contribution is 2.20. The van der Waals surface area contributed by atoms with Gasteiger partial charge in [0, 0.05) is 11.6 Å². The number of halogens is 1. The summed E-state index contributed by atoms with van der Waals surface area (Å²) in [5.74, 6) is 1.12. The summed E-state index contributed by atoms with van der Waals surface area (Å²) in [6, 6.07) is 11.1. The lowest BCUT2D eigenvalue weighted by atomic mass is 10.0. The summed E-state index contributed by atoms with van der Waals surface area (Å²) in [6.07, 6.45) is 1.54. The van der Waals surface area contributed by atoms with Crippen molar-refractivity contribution in [1.29, 1.82) is 0 Å². The van der Waals surface area contributed by atoms with Crippen molar-refractivity contribution in [2.24, 2.45) is 4.99 Å². The monoisotopic (exact) mass is 335 g/mol. The molecule has 0 fully saturated rings. The third-order valence-corrected chi connectivity index (χ3v) is 3.73. The lowest BCUT2D eigenvalue weighted by Crippen LogP contribution is -2.44. The lowest BCUT2D eigenvalue weighted by Gasteiger charge is -2.22. The molecule has 6 heteroatoms. The first-order valence-electron chi connectivity index (χ1n) is 7.55. The maximum Gasteiger partial charge on any atom is 0.191 e. The molecule has 0 saturated carbocycles. The quantitative estimate of drug-likeness (QED) is 0.561. The van der Waals surface area contributed by atoms with E-state index in [0.717, 1.165) is 12.1 Å². The highest BCUT2D eigenvalue weighted by molar-refractivity contribution is 6.31. The molecule has 1 heterocycles. The average molecular weight is 336 g/mol. The topological polar surface area (TPSA) is 69.8 Å². The molecule has 0 radical (unpaired) electrons. The summed E-state index contributed by atoms with van der Waals surface area (Å²) < 4.78 is 5.27. The highest BCUT2D eigenvalue weighted by Gasteiger charge is 2.26. The molecular weight excluding hydrogens is 314 g/mol. The van der Waals surface area contributed by atoms with E-state index < -0.39 is 5.60 Å². The molecule has 3 N–H and O–H groups in total. The maximum atomic E-state index is 10.5. The molecule has 1 aromatic heterocycles. The van der Waals surface area contributed by atoms with E-state index in [1.54, 1.807) is 25.3 Å². The average Bonchev–Trinajstić information content (AvgIpc) is 3.07. The van der Waals surface area contributed by atoms with Crippen molar-refractivity contribution in [1.82, 2.24) is 10.6 Å². The predicted octanol–water partition coefficient (Wildman–Crippen LogP) is 2.90. The van der Waals surface area contributed by atoms with E-state index in [4.69, 9.17) is 16.0 Å². The molecular formula is C17H22ClN3O2. The zero-order valence-electron chi connectivity index (χ0n) is 13.3. The number of aliphatic hydroxyl groups is 1. The Hall–Kier alpha value is -1.98. The van der Waals surface area contributed by atoms with Crippen molar-refractivity contribution in [3.05, 3.63) is 59.0 Å². The first kappa shape index (κ1) is 17.4. The van der Waals surface area contributed by atoms with E-state index >= 15 is 0 Å². The third kappa shape index (κ3) is 5.01. The predicted molar refractivity (Wildman–Crippen MR) is 92.5 cm³/mol. The molecule has 5 nitrogen and oxygen atoms in total. The second-order valence-corrected chi connectivity index (χ2v) is 5.80. The number of guanidine groups is 1. The van der Waals surface area contributed by atoms with Gasteiger partial charge < -0.3 is 20.2 Å². The first-order chi connectivity index (χ1) is 11.0. The van der Waals surface area contributed by atoms with Crippen LogP contribution in [0, 0.1) is 0 Å². The highest BCUT2D eigenvalue weighted by atomic mass is 35.5. The summed E-state index contributed by atoms with van der Waals surface area (Å²) in [5.41, 5.74) is -0.173. The second kappa shape index (κ2) is 8.04. The SMILES string of the molecule is CCNC(=NCc1ccccc1Cl)NCC(C)(O)c1ccco1. The Morgan fingerprint density at radius 1 is 1.26 bits per heavy atom. The molecule has 0 aliphatic heterocycles. The Balaban J connectivity index is 2.01. The van der Waals surface area contributed by atoms with Crippen LogP contribution in [0.15, 0.2) is 52.1 Å². The van der Waals surface area contributed by atoms with Crippen molar-refractivity contribution in [3.8, 4) is 0 Å². The van der Waals surface area contributed by atoms with Gasteiger partial charge in [-0.05, 0) is 37.6 Å². The summed E-state index contributed by atoms with van der Waals surface area (Å²) in [5, 5.41) is 17.4. The molecule has 1 unspecified atom stereocenters. The van der Waals surface area contributed by atoms with Gasteiger partial charge in [0.25, 0.3) is 0 Å². The molecule has 0 bridgehead atoms. The van der Waals surface area contributed by atoms with E-state index in [1.807, 2.05) is 31.2 Å². The van der Waals surface area contributed by atoms with Gasteiger partial charge in [-0.2, -0.15) is 0 Å². The van der Waals surface area contributed by atoms with Crippen LogP contribution in [0.2, 0.25) is 5.02 Å². The Labute approximate surface area is 141 Å². The van der Waals surface area contributed by atoms with Crippen LogP contribution < -0.4 is 10.6 Å². The van der Waals surface area contributed by atoms with Gasteiger partial charge in [0.1, 0.15) is 11.4 Å². The number of nitrogens with zero attached hydrogens (tertiary/aromatic N) is 1. The number of aliphatic imine (C=N–C) groups is 1. The number of benzene rings is 1. The van der Waals surface area contributed by atoms with Crippen molar-refractivity contribution in [2.45, 2.75) is 26.0 Å². The lowest BCUT2D eigenvalue weighted by molar-refractivity contribution is 0.0386. The molecule has 124 valence electrons. The molecule has 1 aromatic carbocycles. The van der Waals surface area contributed by atoms with E-state index in [1.165, 1.54) is 0 Å². The summed E-state index contributed by atoms with van der Waals surface area (Å²) in [6.45, 7) is 5.12. The summed E-state index contributed by atoms with van der Waals surface area (Å²) >= 11 is 6.14. The van der Waals surface area contributed by atoms with Crippen molar-refractivity contribution in [2.75, 3.05) is 13.1 Å². The van der Waals surface area contributed by atoms with Crippen LogP contribution in [-0.4, -0.2) is 24.2 Å². The van der Waals surface area contributed by atoms with Gasteiger partial charge in [-0.25, -0.2) is 4.99 Å². The smallest absolute Gasteiger partial charge is 0.191 e. The minimum absolute atomic E-state index is 0.273. The Kier molecular flexibility index (Phi) is 6.07. The molecule has 23 heavy (non-hydrogen) atoms. The molecule has 1 atom stereocenters. The van der Waals surface area contributed by atoms with Gasteiger partial charge in [-0.3, -0.25) is 0 Å². The fourth-order valence-corrected chi connectivity index (χ4v) is 2.26. The second-order valence-electron chi connectivity index (χ2n) is 5.39. The fraction of sp³-hybridized carbons (Fsp3) is 0.353. The molecule has 0 spiro atoms. The number of rotatable bonds is 6. The molecule has 0 saturated heterocycles. The van der Waals surface area contributed by atoms with Crippen LogP contribution in [0.3, 0.4) is 0 Å². The zero-order valence-corrected chi connectivity index (χ0v) is 14.1. The van der Waals surface area contributed by atoms with Gasteiger partial charge in [0.05, 0.1) is 19.4 Å². The van der Waals surface area contributed by atoms with E-state index in [9.17, 15) is 5.11 Å². The maximum absolute atomic E-state index is 10.5. The van der Waals surface area contributed by atoms with Gasteiger partial charge in [-0.1, -0.05) is 29.8 Å². The van der Waals surface area contributed by atoms with Gasteiger partial charge in [0.2, 0.25) is 0 Å². The van der Waals surface area contributed by atoms with Crippen molar-refractivity contribution < 1.29 is 9.52 Å². The standard InChI is InChI=1S/C17H22ClN3O2/c1-3-19-16(20-11-13-7-4-5-8-14(13)18)21-12-17(2,22)15-9-6-10-23-15/h4-10,22H,3,11-12H2,1-2H3,(H2,19,20,21). The minimum Gasteiger partial charge on any atom is -0.466 e. The molecule has 2 aromatic rings. The first-order valence-corrected chi connectivity index (χ1v) is 7.92. The molecule has 0 aliphatic carbocycles. The summed E-state index contributed by atoms with van der Waals surface area (Å²) in [4.78, 5) is 4.50. The van der Waals surface area contributed by atoms with E-state index in [-0.39, 0.29) is 6.54 Å². The Morgan fingerprint density at radius 2 is 2.04 bits per heavy atom. The van der Waals surface area contributed by atoms with Crippen molar-refractivity contribution in [3.63, 3.8) is 0 Å². The zero-order chi connectivity index (χ0) is 16.7. The van der Waals surface area contributed by atoms with Gasteiger partial charge >= 0.3 is 0 Å². The van der Waals surface area contributed by atoms with Crippen LogP contribution in [-0.2, 0) is 12.1 Å². The number of furan rings is 1. The minimum atomic E-state index is -1.12. The van der Waals surface area contributed by atoms with E-state index in [0.29, 0.717) is 23.3 Å². The molecule has 0 amide bonds. The van der Waals surface area contributed by atoms with Crippen LogP contribution in [0.4, 0.5) is 0 Å². The number of nitrogens with one attached hydrogen (secondary N) is 2. The van der Waals surface area contributed by atoms with E-state index in [2.05, 4.69) is 15.6 Å². The van der Waals surface area contributed by atoms with Crippen molar-refractivity contribution >= 4 is 17.6 Å².